The highest BCUT2D eigenvalue weighted by Crippen LogP contribution is 2.42. The topological polar surface area (TPSA) is 419 Å². The van der Waals surface area contributed by atoms with Crippen LogP contribution in [0.2, 0.25) is 0 Å². The second kappa shape index (κ2) is 38.4. The van der Waals surface area contributed by atoms with E-state index >= 15 is 0 Å². The number of primary amides is 2. The fourth-order valence-corrected chi connectivity index (χ4v) is 12.0. The minimum absolute atomic E-state index is 0.00919. The molecule has 576 valence electrons. The molecular weight excluding hydrogens is 1380 g/mol. The van der Waals surface area contributed by atoms with E-state index in [0.717, 1.165) is 21.9 Å². The van der Waals surface area contributed by atoms with Crippen molar-refractivity contribution < 1.29 is 77.2 Å². The molecule has 7 rings (SSSR count). The van der Waals surface area contributed by atoms with Gasteiger partial charge in [0.25, 0.3) is 0 Å². The number of benzene rings is 6. The number of phenolic OH excluding ortho intramolecular Hbond substituents is 2. The Hall–Kier alpha value is -11.8. The van der Waals surface area contributed by atoms with Crippen molar-refractivity contribution in [2.75, 3.05) is 49.9 Å². The van der Waals surface area contributed by atoms with Gasteiger partial charge in [-0.15, -0.1) is 0 Å². The zero-order chi connectivity index (χ0) is 79.2. The molecule has 14 N–H and O–H groups in total. The summed E-state index contributed by atoms with van der Waals surface area (Å²) in [5, 5.41) is 44.9. The Morgan fingerprint density at radius 3 is 0.917 bits per heavy atom. The van der Waals surface area contributed by atoms with Crippen molar-refractivity contribution in [1.29, 1.82) is 0 Å². The number of hydrogen-bond acceptors (Lipinski definition) is 18. The summed E-state index contributed by atoms with van der Waals surface area (Å²) in [6.07, 6.45) is -1.66. The van der Waals surface area contributed by atoms with Crippen LogP contribution in [-0.4, -0.2) is 178 Å². The molecule has 0 spiro atoms. The van der Waals surface area contributed by atoms with E-state index < -0.39 is 154 Å². The molecule has 0 saturated heterocycles. The maximum atomic E-state index is 14.9. The quantitative estimate of drug-likeness (QED) is 0.0197. The number of carbonyl (C=O) groups excluding carboxylic acids is 12. The van der Waals surface area contributed by atoms with E-state index in [-0.39, 0.29) is 99.0 Å². The lowest BCUT2D eigenvalue weighted by Crippen LogP contribution is -2.58. The number of nitrogens with zero attached hydrogens (tertiary/aromatic N) is 2. The van der Waals surface area contributed by atoms with Crippen molar-refractivity contribution in [3.63, 3.8) is 0 Å². The molecule has 6 aromatic rings. The molecule has 0 fully saturated rings. The van der Waals surface area contributed by atoms with Crippen molar-refractivity contribution in [2.24, 2.45) is 23.3 Å². The number of rotatable bonds is 36. The molecule has 28 heteroatoms. The molecule has 0 bridgehead atoms. The van der Waals surface area contributed by atoms with Gasteiger partial charge in [0.2, 0.25) is 58.8 Å². The van der Waals surface area contributed by atoms with Crippen LogP contribution < -0.4 is 54.0 Å². The Kier molecular flexibility index (Phi) is 29.7. The molecule has 6 aromatic carbocycles. The minimum atomic E-state index is -1.36. The third-order valence-corrected chi connectivity index (χ3v) is 17.1. The smallest absolute Gasteiger partial charge is 0.410 e. The van der Waals surface area contributed by atoms with E-state index in [9.17, 15) is 67.7 Å². The molecule has 6 atom stereocenters. The number of anilines is 2. The van der Waals surface area contributed by atoms with E-state index in [1.165, 1.54) is 12.1 Å². The summed E-state index contributed by atoms with van der Waals surface area (Å²) in [4.78, 5) is 171. The Bertz CT molecular complexity index is 3920. The third-order valence-electron chi connectivity index (χ3n) is 17.1. The molecule has 10 amide bonds. The lowest BCUT2D eigenvalue weighted by Gasteiger charge is -2.29. The molecule has 1 aliphatic rings. The van der Waals surface area contributed by atoms with Crippen LogP contribution in [0.15, 0.2) is 146 Å². The lowest BCUT2D eigenvalue weighted by molar-refractivity contribution is -0.133. The van der Waals surface area contributed by atoms with Gasteiger partial charge >= 0.3 is 12.2 Å². The number of aromatic hydroxyl groups is 2. The zero-order valence-corrected chi connectivity index (χ0v) is 62.6. The normalized spacial score (nSPS) is 13.5. The third kappa shape index (κ3) is 25.2. The van der Waals surface area contributed by atoms with Gasteiger partial charge in [0.15, 0.2) is 0 Å². The standard InChI is InChI=1S/C80H100N12O16/c1-47(2)39-55(71(81)99)87-75(103)59(43-51-27-19-13-20-28-51)89-73(101)57(41-49-23-15-11-16-24-49)85-63(95)45-91(77(105)107-79(5,6)7)37-35-83-53-31-32-54(66-65(53)69(97)67-61(93)33-34-62(94)68(67)70(66)98)84-36-38-92(78(106)108-80(8,9)10)46-64(96)86-58(42-50-25-17-12-18-26-50)74(102)90-60(44-52-29-21-14-22-30-52)76(104)88-56(72(82)100)40-48(3)4/h11-34,47-48,55-60,83-84,93-94H,35-46H2,1-10H3,(H2,81,99)(H2,82,100)(H,85,95)(H,86,96)(H,87,103)(H,88,104)(H,89,101)(H,90,102)/t55-,56-,57-,58-,59-,60-/m0/s1. The van der Waals surface area contributed by atoms with Crippen molar-refractivity contribution in [3.05, 3.63) is 190 Å². The van der Waals surface area contributed by atoms with Crippen molar-refractivity contribution in [3.8, 4) is 11.5 Å². The van der Waals surface area contributed by atoms with E-state index in [2.05, 4.69) is 42.5 Å². The monoisotopic (exact) mass is 1480 g/mol. The van der Waals surface area contributed by atoms with E-state index in [1.54, 1.807) is 163 Å². The second-order valence-electron chi connectivity index (χ2n) is 29.4. The number of hydrogen-bond donors (Lipinski definition) is 12. The Morgan fingerprint density at radius 1 is 0.389 bits per heavy atom. The highest BCUT2D eigenvalue weighted by molar-refractivity contribution is 6.33. The first-order valence-electron chi connectivity index (χ1n) is 35.8. The number of ketones is 2. The van der Waals surface area contributed by atoms with Crippen LogP contribution in [0.3, 0.4) is 0 Å². The molecular formula is C80H100N12O16. The van der Waals surface area contributed by atoms with Crippen LogP contribution in [0.25, 0.3) is 0 Å². The van der Waals surface area contributed by atoms with Crippen LogP contribution in [-0.2, 0) is 73.5 Å². The van der Waals surface area contributed by atoms with Gasteiger partial charge in [0.05, 0.1) is 22.3 Å². The molecule has 0 unspecified atom stereocenters. The summed E-state index contributed by atoms with van der Waals surface area (Å²) in [7, 11) is 0. The fraction of sp³-hybridized carbons (Fsp3) is 0.400. The number of amides is 10. The first kappa shape index (κ1) is 83.4. The first-order chi connectivity index (χ1) is 51.0. The maximum absolute atomic E-state index is 14.9. The highest BCUT2D eigenvalue weighted by Gasteiger charge is 2.40. The number of ether oxygens (including phenoxy) is 2. The van der Waals surface area contributed by atoms with Gasteiger partial charge in [-0.3, -0.25) is 57.7 Å². The van der Waals surface area contributed by atoms with Gasteiger partial charge < -0.3 is 73.7 Å². The van der Waals surface area contributed by atoms with Gasteiger partial charge in [0.1, 0.15) is 72.0 Å². The first-order valence-corrected chi connectivity index (χ1v) is 35.8. The molecule has 108 heavy (non-hydrogen) atoms. The summed E-state index contributed by atoms with van der Waals surface area (Å²) in [6.45, 7) is 14.5. The Labute approximate surface area is 628 Å². The van der Waals surface area contributed by atoms with Crippen LogP contribution in [0.4, 0.5) is 21.0 Å². The summed E-state index contributed by atoms with van der Waals surface area (Å²) >= 11 is 0. The number of nitrogens with two attached hydrogens (primary N) is 2. The lowest BCUT2D eigenvalue weighted by atomic mass is 9.81. The van der Waals surface area contributed by atoms with Gasteiger partial charge in [-0.1, -0.05) is 149 Å². The molecule has 0 heterocycles. The summed E-state index contributed by atoms with van der Waals surface area (Å²) < 4.78 is 11.5. The average molecular weight is 1490 g/mol. The molecule has 28 nitrogen and oxygen atoms in total. The van der Waals surface area contributed by atoms with Crippen molar-refractivity contribution in [2.45, 2.75) is 155 Å². The average Bonchev–Trinajstić information content (AvgIpc) is 0.731. The molecule has 0 aromatic heterocycles. The number of phenols is 2. The molecule has 0 saturated carbocycles. The molecule has 0 aliphatic heterocycles. The minimum Gasteiger partial charge on any atom is -0.507 e. The van der Waals surface area contributed by atoms with Crippen LogP contribution in [0, 0.1) is 11.8 Å². The summed E-state index contributed by atoms with van der Waals surface area (Å²) in [5.74, 6) is -9.30. The molecule has 0 radical (unpaired) electrons. The Morgan fingerprint density at radius 2 is 0.657 bits per heavy atom. The second-order valence-corrected chi connectivity index (χ2v) is 29.4. The molecule has 1 aliphatic carbocycles. The zero-order valence-electron chi connectivity index (χ0n) is 62.6. The van der Waals surface area contributed by atoms with Gasteiger partial charge in [-0.2, -0.15) is 0 Å². The van der Waals surface area contributed by atoms with Crippen LogP contribution in [0.5, 0.6) is 11.5 Å². The Balaban J connectivity index is 1.14. The predicted molar refractivity (Wildman–Crippen MR) is 405 cm³/mol. The SMILES string of the molecule is CC(C)C[C@H](NC(=O)[C@H](Cc1ccccc1)NC(=O)[C@H](Cc1ccccc1)NC(=O)CN(CCNc1ccc(NCCN(CC(=O)N[C@@H](Cc2ccccc2)C(=O)N[C@@H](Cc2ccccc2)C(=O)N[C@@H](CC(C)C)C(N)=O)C(=O)OC(C)(C)C)c2c1C(=O)c1c(O)ccc(O)c1C2=O)C(=O)OC(C)(C)C)C(N)=O. The van der Waals surface area contributed by atoms with E-state index in [4.69, 9.17) is 20.9 Å². The summed E-state index contributed by atoms with van der Waals surface area (Å²) in [6, 6.07) is 32.7. The number of carbonyl (C=O) groups is 12. The number of fused-ring (bicyclic) bond motifs is 2. The van der Waals surface area contributed by atoms with Crippen LogP contribution in [0.1, 0.15) is 136 Å². The fourth-order valence-electron chi connectivity index (χ4n) is 12.0. The van der Waals surface area contributed by atoms with Gasteiger partial charge in [0, 0.05) is 63.2 Å². The van der Waals surface area contributed by atoms with E-state index in [0.29, 0.717) is 22.3 Å². The maximum Gasteiger partial charge on any atom is 0.410 e. The van der Waals surface area contributed by atoms with E-state index in [1.807, 2.05) is 27.7 Å². The van der Waals surface area contributed by atoms with Crippen LogP contribution >= 0.6 is 0 Å². The van der Waals surface area contributed by atoms with Crippen molar-refractivity contribution in [1.82, 2.24) is 41.7 Å². The van der Waals surface area contributed by atoms with Gasteiger partial charge in [-0.05, 0) is 113 Å². The predicted octanol–water partition coefficient (Wildman–Crippen LogP) is 6.11. The largest absolute Gasteiger partial charge is 0.507 e. The number of nitrogens with one attached hydrogen (secondary N) is 8. The summed E-state index contributed by atoms with van der Waals surface area (Å²) in [5.41, 5.74) is 10.2. The van der Waals surface area contributed by atoms with Crippen molar-refractivity contribution >= 4 is 82.4 Å². The van der Waals surface area contributed by atoms with Gasteiger partial charge in [-0.25, -0.2) is 9.59 Å². The highest BCUT2D eigenvalue weighted by atomic mass is 16.6.